The first kappa shape index (κ1) is 17.0. The van der Waals surface area contributed by atoms with Gasteiger partial charge in [-0.1, -0.05) is 30.3 Å². The van der Waals surface area contributed by atoms with Crippen LogP contribution in [0.15, 0.2) is 52.2 Å². The lowest BCUT2D eigenvalue weighted by Gasteiger charge is -2.15. The molecule has 1 N–H and O–H groups in total. The number of aromatic nitrogens is 2. The predicted octanol–water partition coefficient (Wildman–Crippen LogP) is 1.57. The topological polar surface area (TPSA) is 99.6 Å². The Bertz CT molecular complexity index is 829. The fourth-order valence-electron chi connectivity index (χ4n) is 2.59. The first-order chi connectivity index (χ1) is 12.1. The molecule has 1 fully saturated rings. The molecule has 1 aliphatic heterocycles. The zero-order valence-corrected chi connectivity index (χ0v) is 13.4. The number of aromatic amines is 1. The van der Waals surface area contributed by atoms with Crippen molar-refractivity contribution in [1.82, 2.24) is 9.55 Å². The molecule has 2 aromatic rings. The van der Waals surface area contributed by atoms with Gasteiger partial charge in [-0.25, -0.2) is 9.59 Å². The van der Waals surface area contributed by atoms with Crippen molar-refractivity contribution >= 4 is 6.16 Å². The van der Waals surface area contributed by atoms with Crippen molar-refractivity contribution in [2.75, 3.05) is 6.61 Å². The van der Waals surface area contributed by atoms with E-state index >= 15 is 0 Å². The van der Waals surface area contributed by atoms with Crippen LogP contribution in [0.25, 0.3) is 0 Å². The molecule has 0 aliphatic carbocycles. The maximum Gasteiger partial charge on any atom is 0.508 e. The number of ether oxygens (including phenoxy) is 3. The number of carbonyl (C=O) groups excluding carboxylic acids is 1. The van der Waals surface area contributed by atoms with Crippen LogP contribution < -0.4 is 11.2 Å². The van der Waals surface area contributed by atoms with Crippen LogP contribution in [-0.2, 0) is 20.8 Å². The maximum absolute atomic E-state index is 11.7. The molecular formula is C17H18N2O6. The van der Waals surface area contributed by atoms with Gasteiger partial charge >= 0.3 is 11.8 Å². The smallest absolute Gasteiger partial charge is 0.432 e. The van der Waals surface area contributed by atoms with E-state index in [4.69, 9.17) is 14.2 Å². The molecule has 0 saturated carbocycles. The van der Waals surface area contributed by atoms with Crippen LogP contribution in [0.2, 0.25) is 0 Å². The van der Waals surface area contributed by atoms with Crippen LogP contribution in [0.1, 0.15) is 24.6 Å². The molecular weight excluding hydrogens is 328 g/mol. The minimum atomic E-state index is -0.767. The Kier molecular flexibility index (Phi) is 5.30. The van der Waals surface area contributed by atoms with E-state index in [1.165, 1.54) is 16.8 Å². The third kappa shape index (κ3) is 4.57. The van der Waals surface area contributed by atoms with Crippen LogP contribution >= 0.6 is 0 Å². The summed E-state index contributed by atoms with van der Waals surface area (Å²) in [5, 5.41) is 0. The summed E-state index contributed by atoms with van der Waals surface area (Å²) in [6.45, 7) is 0.183. The molecule has 0 bridgehead atoms. The molecule has 132 valence electrons. The highest BCUT2D eigenvalue weighted by atomic mass is 16.7. The quantitative estimate of drug-likeness (QED) is 0.825. The number of rotatable bonds is 5. The molecule has 1 aliphatic rings. The van der Waals surface area contributed by atoms with Gasteiger partial charge in [0, 0.05) is 12.3 Å². The van der Waals surface area contributed by atoms with Gasteiger partial charge in [-0.2, -0.15) is 0 Å². The lowest BCUT2D eigenvalue weighted by atomic mass is 10.2. The summed E-state index contributed by atoms with van der Waals surface area (Å²) in [6, 6.07) is 10.5. The van der Waals surface area contributed by atoms with Gasteiger partial charge in [0.15, 0.2) is 0 Å². The van der Waals surface area contributed by atoms with E-state index in [0.717, 1.165) is 5.56 Å². The van der Waals surface area contributed by atoms with Gasteiger partial charge in [0.05, 0.1) is 6.10 Å². The lowest BCUT2D eigenvalue weighted by Crippen LogP contribution is -2.31. The fourth-order valence-corrected chi connectivity index (χ4v) is 2.59. The van der Waals surface area contributed by atoms with Crippen LogP contribution in [0.3, 0.4) is 0 Å². The van der Waals surface area contributed by atoms with Crippen LogP contribution in [0.4, 0.5) is 4.79 Å². The van der Waals surface area contributed by atoms with E-state index in [0.29, 0.717) is 12.8 Å². The monoisotopic (exact) mass is 346 g/mol. The summed E-state index contributed by atoms with van der Waals surface area (Å²) in [4.78, 5) is 36.6. The normalized spacial score (nSPS) is 19.5. The Labute approximate surface area is 143 Å². The van der Waals surface area contributed by atoms with E-state index in [1.54, 1.807) is 0 Å². The van der Waals surface area contributed by atoms with Gasteiger partial charge in [-0.3, -0.25) is 14.3 Å². The minimum Gasteiger partial charge on any atom is -0.432 e. The highest BCUT2D eigenvalue weighted by molar-refractivity contribution is 5.59. The molecule has 1 saturated heterocycles. The van der Waals surface area contributed by atoms with Gasteiger partial charge in [0.1, 0.15) is 19.4 Å². The summed E-state index contributed by atoms with van der Waals surface area (Å²) < 4.78 is 17.1. The van der Waals surface area contributed by atoms with Crippen LogP contribution in [0, 0.1) is 0 Å². The highest BCUT2D eigenvalue weighted by Gasteiger charge is 2.28. The number of nitrogens with zero attached hydrogens (tertiary/aromatic N) is 1. The van der Waals surface area contributed by atoms with Crippen molar-refractivity contribution in [3.05, 3.63) is 69.0 Å². The highest BCUT2D eigenvalue weighted by Crippen LogP contribution is 2.26. The summed E-state index contributed by atoms with van der Waals surface area (Å²) >= 11 is 0. The third-order valence-electron chi connectivity index (χ3n) is 3.83. The molecule has 2 atom stereocenters. The zero-order valence-electron chi connectivity index (χ0n) is 13.4. The van der Waals surface area contributed by atoms with Gasteiger partial charge < -0.3 is 14.2 Å². The fraction of sp³-hybridized carbons (Fsp3) is 0.353. The van der Waals surface area contributed by atoms with Crippen molar-refractivity contribution in [2.24, 2.45) is 0 Å². The molecule has 0 radical (unpaired) electrons. The Balaban J connectivity index is 1.44. The van der Waals surface area contributed by atoms with Crippen LogP contribution in [-0.4, -0.2) is 28.4 Å². The van der Waals surface area contributed by atoms with Crippen molar-refractivity contribution in [3.8, 4) is 0 Å². The third-order valence-corrected chi connectivity index (χ3v) is 3.83. The summed E-state index contributed by atoms with van der Waals surface area (Å²) in [7, 11) is 0. The molecule has 3 rings (SSSR count). The zero-order chi connectivity index (χ0) is 17.6. The van der Waals surface area contributed by atoms with E-state index in [1.807, 2.05) is 30.3 Å². The molecule has 8 heteroatoms. The van der Waals surface area contributed by atoms with Crippen LogP contribution in [0.5, 0.6) is 0 Å². The first-order valence-electron chi connectivity index (χ1n) is 7.92. The van der Waals surface area contributed by atoms with Gasteiger partial charge in [-0.05, 0) is 18.4 Å². The standard InChI is InChI=1S/C17H18N2O6/c20-14-8-9-19(16(21)18-14)15-7-6-13(25-15)11-24-17(22)23-10-12-4-2-1-3-5-12/h1-5,8-9,13,15H,6-7,10-11H2,(H,18,20,21). The Morgan fingerprint density at radius 3 is 2.72 bits per heavy atom. The lowest BCUT2D eigenvalue weighted by molar-refractivity contribution is -0.0409. The van der Waals surface area contributed by atoms with Crippen molar-refractivity contribution < 1.29 is 19.0 Å². The first-order valence-corrected chi connectivity index (χ1v) is 7.92. The molecule has 0 spiro atoms. The molecule has 2 unspecified atom stereocenters. The van der Waals surface area contributed by atoms with Crippen molar-refractivity contribution in [2.45, 2.75) is 31.8 Å². The SMILES string of the molecule is O=C(OCc1ccccc1)OCC1CCC(n2ccc(=O)[nH]c2=O)O1. The van der Waals surface area contributed by atoms with Gasteiger partial charge in [0.2, 0.25) is 0 Å². The number of H-pyrrole nitrogens is 1. The summed E-state index contributed by atoms with van der Waals surface area (Å²) in [5.74, 6) is 0. The largest absolute Gasteiger partial charge is 0.508 e. The number of nitrogens with one attached hydrogen (secondary N) is 1. The average Bonchev–Trinajstić information content (AvgIpc) is 3.08. The Morgan fingerprint density at radius 1 is 1.16 bits per heavy atom. The van der Waals surface area contributed by atoms with E-state index in [2.05, 4.69) is 4.98 Å². The summed E-state index contributed by atoms with van der Waals surface area (Å²) in [5.41, 5.74) is -0.115. The molecule has 8 nitrogen and oxygen atoms in total. The second-order valence-electron chi connectivity index (χ2n) is 5.64. The minimum absolute atomic E-state index is 0.0439. The summed E-state index contributed by atoms with van der Waals surface area (Å²) in [6.07, 6.45) is 1.02. The second kappa shape index (κ2) is 7.80. The van der Waals surface area contributed by atoms with Crippen molar-refractivity contribution in [1.29, 1.82) is 0 Å². The predicted molar refractivity (Wildman–Crippen MR) is 87.0 cm³/mol. The molecule has 1 aromatic carbocycles. The average molecular weight is 346 g/mol. The van der Waals surface area contributed by atoms with Gasteiger partial charge in [-0.15, -0.1) is 0 Å². The number of hydrogen-bond donors (Lipinski definition) is 1. The maximum atomic E-state index is 11.7. The van der Waals surface area contributed by atoms with E-state index in [-0.39, 0.29) is 19.3 Å². The number of hydrogen-bond acceptors (Lipinski definition) is 6. The number of carbonyl (C=O) groups is 1. The van der Waals surface area contributed by atoms with Gasteiger partial charge in [0.25, 0.3) is 5.56 Å². The molecule has 1 aromatic heterocycles. The second-order valence-corrected chi connectivity index (χ2v) is 5.64. The van der Waals surface area contributed by atoms with E-state index in [9.17, 15) is 14.4 Å². The molecule has 25 heavy (non-hydrogen) atoms. The van der Waals surface area contributed by atoms with Crippen molar-refractivity contribution in [3.63, 3.8) is 0 Å². The van der Waals surface area contributed by atoms with E-state index < -0.39 is 23.6 Å². The number of benzene rings is 1. The molecule has 2 heterocycles. The Hall–Kier alpha value is -2.87. The Morgan fingerprint density at radius 2 is 1.96 bits per heavy atom. The molecule has 0 amide bonds.